The van der Waals surface area contributed by atoms with Gasteiger partial charge in [0.15, 0.2) is 5.82 Å². The van der Waals surface area contributed by atoms with Crippen LogP contribution in [0, 0.1) is 0 Å². The minimum atomic E-state index is -1.03. The summed E-state index contributed by atoms with van der Waals surface area (Å²) in [6.07, 6.45) is 3.94. The Morgan fingerprint density at radius 2 is 2.29 bits per heavy atom. The minimum absolute atomic E-state index is 0.233. The first-order chi connectivity index (χ1) is 10.1. The van der Waals surface area contributed by atoms with Crippen LogP contribution >= 0.6 is 0 Å². The first-order valence-corrected chi connectivity index (χ1v) is 6.15. The smallest absolute Gasteiger partial charge is 0.328 e. The molecule has 0 atom stereocenters. The number of benzene rings is 1. The molecule has 0 saturated carbocycles. The van der Waals surface area contributed by atoms with Crippen LogP contribution < -0.4 is 9.47 Å². The maximum atomic E-state index is 10.6. The van der Waals surface area contributed by atoms with E-state index >= 15 is 0 Å². The SMILES string of the molecule is COc1ccc(OCc2ncnn2C)c(C=CC(=O)O)c1. The quantitative estimate of drug-likeness (QED) is 0.811. The van der Waals surface area contributed by atoms with Crippen molar-refractivity contribution < 1.29 is 19.4 Å². The number of aromatic nitrogens is 3. The summed E-state index contributed by atoms with van der Waals surface area (Å²) in [5.74, 6) is 0.790. The zero-order valence-electron chi connectivity index (χ0n) is 11.7. The summed E-state index contributed by atoms with van der Waals surface area (Å²) in [4.78, 5) is 14.7. The molecule has 0 aliphatic carbocycles. The van der Waals surface area contributed by atoms with E-state index in [1.54, 1.807) is 37.0 Å². The van der Waals surface area contributed by atoms with Crippen LogP contribution in [-0.4, -0.2) is 33.0 Å². The van der Waals surface area contributed by atoms with Crippen LogP contribution in [0.1, 0.15) is 11.4 Å². The number of rotatable bonds is 6. The van der Waals surface area contributed by atoms with Crippen LogP contribution in [0.4, 0.5) is 0 Å². The molecule has 7 nitrogen and oxygen atoms in total. The molecule has 2 rings (SSSR count). The first kappa shape index (κ1) is 14.6. The lowest BCUT2D eigenvalue weighted by atomic mass is 10.1. The van der Waals surface area contributed by atoms with Crippen molar-refractivity contribution in [1.29, 1.82) is 0 Å². The van der Waals surface area contributed by atoms with Gasteiger partial charge in [0.25, 0.3) is 0 Å². The van der Waals surface area contributed by atoms with Crippen LogP contribution in [-0.2, 0) is 18.4 Å². The highest BCUT2D eigenvalue weighted by atomic mass is 16.5. The number of methoxy groups -OCH3 is 1. The monoisotopic (exact) mass is 289 g/mol. The van der Waals surface area contributed by atoms with Gasteiger partial charge in [0.1, 0.15) is 24.4 Å². The van der Waals surface area contributed by atoms with E-state index in [2.05, 4.69) is 10.1 Å². The second kappa shape index (κ2) is 6.56. The maximum Gasteiger partial charge on any atom is 0.328 e. The number of aliphatic carboxylic acids is 1. The average molecular weight is 289 g/mol. The van der Waals surface area contributed by atoms with Crippen molar-refractivity contribution in [2.45, 2.75) is 6.61 Å². The van der Waals surface area contributed by atoms with E-state index in [0.29, 0.717) is 22.9 Å². The number of nitrogens with zero attached hydrogens (tertiary/aromatic N) is 3. The molecule has 7 heteroatoms. The highest BCUT2D eigenvalue weighted by Crippen LogP contribution is 2.26. The number of carboxylic acids is 1. The predicted molar refractivity (Wildman–Crippen MR) is 75.0 cm³/mol. The molecule has 0 saturated heterocycles. The predicted octanol–water partition coefficient (Wildman–Crippen LogP) is 1.50. The third-order valence-corrected chi connectivity index (χ3v) is 2.78. The molecule has 2 aromatic rings. The molecule has 0 unspecified atom stereocenters. The van der Waals surface area contributed by atoms with Gasteiger partial charge in [0, 0.05) is 18.7 Å². The molecular weight excluding hydrogens is 274 g/mol. The number of ether oxygens (including phenoxy) is 2. The van der Waals surface area contributed by atoms with E-state index in [-0.39, 0.29) is 6.61 Å². The van der Waals surface area contributed by atoms with Crippen molar-refractivity contribution in [3.8, 4) is 11.5 Å². The molecule has 1 N–H and O–H groups in total. The Morgan fingerprint density at radius 3 is 2.90 bits per heavy atom. The highest BCUT2D eigenvalue weighted by Gasteiger charge is 2.07. The van der Waals surface area contributed by atoms with E-state index in [4.69, 9.17) is 14.6 Å². The van der Waals surface area contributed by atoms with Gasteiger partial charge in [-0.3, -0.25) is 4.68 Å². The Bertz CT molecular complexity index is 664. The summed E-state index contributed by atoms with van der Waals surface area (Å²) in [7, 11) is 3.31. The summed E-state index contributed by atoms with van der Waals surface area (Å²) in [6.45, 7) is 0.233. The van der Waals surface area contributed by atoms with Gasteiger partial charge in [-0.05, 0) is 24.3 Å². The van der Waals surface area contributed by atoms with Gasteiger partial charge in [-0.1, -0.05) is 0 Å². The Hall–Kier alpha value is -2.83. The van der Waals surface area contributed by atoms with Gasteiger partial charge in [-0.15, -0.1) is 0 Å². The lowest BCUT2D eigenvalue weighted by molar-refractivity contribution is -0.131. The molecule has 1 heterocycles. The van der Waals surface area contributed by atoms with Crippen molar-refractivity contribution >= 4 is 12.0 Å². The van der Waals surface area contributed by atoms with Gasteiger partial charge < -0.3 is 14.6 Å². The lowest BCUT2D eigenvalue weighted by Gasteiger charge is -2.10. The Kier molecular flexibility index (Phi) is 4.55. The molecule has 0 amide bonds. The molecule has 0 aliphatic rings. The van der Waals surface area contributed by atoms with Gasteiger partial charge in [0.2, 0.25) is 0 Å². The molecule has 0 bridgehead atoms. The molecule has 0 radical (unpaired) electrons. The van der Waals surface area contributed by atoms with Crippen molar-refractivity contribution in [1.82, 2.24) is 14.8 Å². The normalized spacial score (nSPS) is 10.8. The number of hydrogen-bond acceptors (Lipinski definition) is 5. The number of aryl methyl sites for hydroxylation is 1. The molecular formula is C14H15N3O4. The Labute approximate surface area is 121 Å². The molecule has 0 fully saturated rings. The van der Waals surface area contributed by atoms with Crippen molar-refractivity contribution in [2.75, 3.05) is 7.11 Å². The van der Waals surface area contributed by atoms with Crippen LogP contribution in [0.15, 0.2) is 30.6 Å². The maximum absolute atomic E-state index is 10.6. The summed E-state index contributed by atoms with van der Waals surface area (Å²) in [5.41, 5.74) is 0.610. The molecule has 1 aromatic carbocycles. The van der Waals surface area contributed by atoms with Gasteiger partial charge in [-0.25, -0.2) is 9.78 Å². The van der Waals surface area contributed by atoms with Gasteiger partial charge in [-0.2, -0.15) is 5.10 Å². The number of hydrogen-bond donors (Lipinski definition) is 1. The van der Waals surface area contributed by atoms with Crippen molar-refractivity contribution in [3.05, 3.63) is 42.0 Å². The standard InChI is InChI=1S/C14H15N3O4/c1-17-13(15-9-16-17)8-21-12-5-4-11(20-2)7-10(12)3-6-14(18)19/h3-7,9H,8H2,1-2H3,(H,18,19). The molecule has 0 aliphatic heterocycles. The zero-order valence-corrected chi connectivity index (χ0v) is 11.7. The topological polar surface area (TPSA) is 86.5 Å². The first-order valence-electron chi connectivity index (χ1n) is 6.15. The average Bonchev–Trinajstić information content (AvgIpc) is 2.88. The number of carboxylic acid groups (broad SMARTS) is 1. The van der Waals surface area contributed by atoms with E-state index in [0.717, 1.165) is 6.08 Å². The minimum Gasteiger partial charge on any atom is -0.497 e. The molecule has 110 valence electrons. The molecule has 21 heavy (non-hydrogen) atoms. The van der Waals surface area contributed by atoms with Crippen molar-refractivity contribution in [2.24, 2.45) is 7.05 Å². The van der Waals surface area contributed by atoms with E-state index in [9.17, 15) is 4.79 Å². The van der Waals surface area contributed by atoms with Gasteiger partial charge >= 0.3 is 5.97 Å². The summed E-state index contributed by atoms with van der Waals surface area (Å²) < 4.78 is 12.4. The second-order valence-electron chi connectivity index (χ2n) is 4.16. The molecule has 0 spiro atoms. The number of carbonyl (C=O) groups is 1. The van der Waals surface area contributed by atoms with Crippen LogP contribution in [0.25, 0.3) is 6.08 Å². The summed E-state index contributed by atoms with van der Waals surface area (Å²) >= 11 is 0. The fraction of sp³-hybridized carbons (Fsp3) is 0.214. The third-order valence-electron chi connectivity index (χ3n) is 2.78. The zero-order chi connectivity index (χ0) is 15.2. The lowest BCUT2D eigenvalue weighted by Crippen LogP contribution is -2.05. The van der Waals surface area contributed by atoms with Crippen molar-refractivity contribution in [3.63, 3.8) is 0 Å². The molecule has 1 aromatic heterocycles. The van der Waals surface area contributed by atoms with E-state index in [1.165, 1.54) is 12.4 Å². The van der Waals surface area contributed by atoms with Crippen LogP contribution in [0.2, 0.25) is 0 Å². The van der Waals surface area contributed by atoms with Crippen LogP contribution in [0.3, 0.4) is 0 Å². The van der Waals surface area contributed by atoms with E-state index in [1.807, 2.05) is 0 Å². The fourth-order valence-corrected chi connectivity index (χ4v) is 1.67. The highest BCUT2D eigenvalue weighted by molar-refractivity contribution is 5.86. The van der Waals surface area contributed by atoms with E-state index < -0.39 is 5.97 Å². The fourth-order valence-electron chi connectivity index (χ4n) is 1.67. The Morgan fingerprint density at radius 1 is 1.48 bits per heavy atom. The largest absolute Gasteiger partial charge is 0.497 e. The Balaban J connectivity index is 2.21. The second-order valence-corrected chi connectivity index (χ2v) is 4.16. The van der Waals surface area contributed by atoms with Crippen LogP contribution in [0.5, 0.6) is 11.5 Å². The van der Waals surface area contributed by atoms with Gasteiger partial charge in [0.05, 0.1) is 7.11 Å². The summed E-state index contributed by atoms with van der Waals surface area (Å²) in [5, 5.41) is 12.7. The third kappa shape index (κ3) is 3.82. The summed E-state index contributed by atoms with van der Waals surface area (Å²) in [6, 6.07) is 5.16.